The number of rotatable bonds is 4. The zero-order chi connectivity index (χ0) is 20.6. The molecule has 6 heteroatoms. The van der Waals surface area contributed by atoms with Crippen molar-refractivity contribution in [2.45, 2.75) is 11.8 Å². The Morgan fingerprint density at radius 2 is 1.25 bits per heavy atom. The molecule has 0 amide bonds. The van der Waals surface area contributed by atoms with E-state index in [1.165, 1.54) is 12.1 Å². The number of aryl methyl sites for hydroxylation is 2. The van der Waals surface area contributed by atoms with Gasteiger partial charge in [0.1, 0.15) is 23.5 Å². The Balaban J connectivity index is 0.000000221. The standard InChI is InChI=1S/C15H14NO.C7H8O3S/c1-16-10-8-14(9-11-16)3-2-13-4-6-15(12-17)7-5-13;1-6-2-4-7(5-3-6)11(8,9)10/h2-12H,1H3;2-5H,1H3,(H,8,9,10)/q+1;/p-1. The average Bonchev–Trinajstić information content (AvgIpc) is 2.68. The van der Waals surface area contributed by atoms with Crippen molar-refractivity contribution in [3.8, 4) is 0 Å². The van der Waals surface area contributed by atoms with E-state index in [-0.39, 0.29) is 4.90 Å². The van der Waals surface area contributed by atoms with Gasteiger partial charge in [0.2, 0.25) is 0 Å². The minimum absolute atomic E-state index is 0.178. The van der Waals surface area contributed by atoms with Gasteiger partial charge in [0.05, 0.1) is 4.90 Å². The minimum atomic E-state index is -4.27. The summed E-state index contributed by atoms with van der Waals surface area (Å²) in [4.78, 5) is 10.3. The monoisotopic (exact) mass is 395 g/mol. The Morgan fingerprint density at radius 3 is 1.71 bits per heavy atom. The maximum atomic E-state index is 10.5. The minimum Gasteiger partial charge on any atom is -0.744 e. The van der Waals surface area contributed by atoms with Crippen LogP contribution in [0.15, 0.2) is 78.0 Å². The van der Waals surface area contributed by atoms with Crippen LogP contribution in [0.2, 0.25) is 0 Å². The third-order valence-electron chi connectivity index (χ3n) is 3.85. The van der Waals surface area contributed by atoms with Crippen molar-refractivity contribution in [2.24, 2.45) is 7.05 Å². The molecular formula is C22H21NO4S. The van der Waals surface area contributed by atoms with Crippen LogP contribution in [-0.4, -0.2) is 19.3 Å². The van der Waals surface area contributed by atoms with Gasteiger partial charge in [0.15, 0.2) is 12.4 Å². The van der Waals surface area contributed by atoms with Crippen molar-refractivity contribution >= 4 is 28.6 Å². The second kappa shape index (κ2) is 9.73. The lowest BCUT2D eigenvalue weighted by Crippen LogP contribution is -2.25. The van der Waals surface area contributed by atoms with Gasteiger partial charge in [-0.1, -0.05) is 54.1 Å². The number of aldehydes is 1. The molecule has 0 bridgehead atoms. The lowest BCUT2D eigenvalue weighted by Gasteiger charge is -2.05. The molecule has 0 saturated carbocycles. The molecular weight excluding hydrogens is 374 g/mol. The molecule has 3 aromatic rings. The SMILES string of the molecule is C[n+]1ccc(C=Cc2ccc(C=O)cc2)cc1.Cc1ccc(S(=O)(=O)[O-])cc1. The van der Waals surface area contributed by atoms with Gasteiger partial charge in [-0.3, -0.25) is 4.79 Å². The predicted octanol–water partition coefficient (Wildman–Crippen LogP) is 3.39. The zero-order valence-electron chi connectivity index (χ0n) is 15.6. The van der Waals surface area contributed by atoms with Gasteiger partial charge in [-0.05, 0) is 30.2 Å². The Bertz CT molecular complexity index is 1040. The van der Waals surface area contributed by atoms with Crippen molar-refractivity contribution in [1.29, 1.82) is 0 Å². The molecule has 0 radical (unpaired) electrons. The molecule has 2 aromatic carbocycles. The van der Waals surface area contributed by atoms with Gasteiger partial charge in [0, 0.05) is 17.7 Å². The quantitative estimate of drug-likeness (QED) is 0.385. The first-order chi connectivity index (χ1) is 13.3. The molecule has 0 N–H and O–H groups in total. The highest BCUT2D eigenvalue weighted by Gasteiger charge is 1.98. The van der Waals surface area contributed by atoms with Crippen LogP contribution in [0.4, 0.5) is 0 Å². The number of hydrogen-bond donors (Lipinski definition) is 0. The summed E-state index contributed by atoms with van der Waals surface area (Å²) in [6.07, 6.45) is 8.95. The summed E-state index contributed by atoms with van der Waals surface area (Å²) < 4.78 is 33.2. The summed E-state index contributed by atoms with van der Waals surface area (Å²) in [5, 5.41) is 0. The molecule has 3 rings (SSSR count). The van der Waals surface area contributed by atoms with Crippen LogP contribution in [-0.2, 0) is 17.2 Å². The van der Waals surface area contributed by atoms with E-state index in [0.717, 1.165) is 23.0 Å². The fourth-order valence-electron chi connectivity index (χ4n) is 2.21. The molecule has 144 valence electrons. The second-order valence-electron chi connectivity index (χ2n) is 6.18. The van der Waals surface area contributed by atoms with E-state index in [1.54, 1.807) is 12.1 Å². The highest BCUT2D eigenvalue weighted by atomic mass is 32.2. The van der Waals surface area contributed by atoms with Crippen molar-refractivity contribution < 1.29 is 22.3 Å². The third kappa shape index (κ3) is 6.90. The summed E-state index contributed by atoms with van der Waals surface area (Å²) in [6, 6.07) is 17.4. The number of aromatic nitrogens is 1. The second-order valence-corrected chi connectivity index (χ2v) is 7.56. The van der Waals surface area contributed by atoms with Crippen molar-refractivity contribution in [3.63, 3.8) is 0 Å². The molecule has 0 aliphatic heterocycles. The highest BCUT2D eigenvalue weighted by Crippen LogP contribution is 2.09. The van der Waals surface area contributed by atoms with E-state index in [1.807, 2.05) is 61.3 Å². The summed E-state index contributed by atoms with van der Waals surface area (Å²) in [5.74, 6) is 0. The summed E-state index contributed by atoms with van der Waals surface area (Å²) in [7, 11) is -2.28. The van der Waals surface area contributed by atoms with Gasteiger partial charge in [-0.25, -0.2) is 13.0 Å². The normalized spacial score (nSPS) is 11.0. The first-order valence-corrected chi connectivity index (χ1v) is 9.90. The molecule has 1 heterocycles. The zero-order valence-corrected chi connectivity index (χ0v) is 16.5. The van der Waals surface area contributed by atoms with Crippen molar-refractivity contribution in [2.75, 3.05) is 0 Å². The van der Waals surface area contributed by atoms with Crippen LogP contribution < -0.4 is 4.57 Å². The summed E-state index contributed by atoms with van der Waals surface area (Å²) in [6.45, 7) is 1.82. The van der Waals surface area contributed by atoms with Crippen LogP contribution >= 0.6 is 0 Å². The van der Waals surface area contributed by atoms with Crippen molar-refractivity contribution in [3.05, 3.63) is 95.3 Å². The topological polar surface area (TPSA) is 78.1 Å². The fraction of sp³-hybridized carbons (Fsp3) is 0.0909. The molecule has 28 heavy (non-hydrogen) atoms. The Kier molecular flexibility index (Phi) is 7.37. The Hall–Kier alpha value is -3.09. The van der Waals surface area contributed by atoms with Crippen LogP contribution in [0.5, 0.6) is 0 Å². The summed E-state index contributed by atoms with van der Waals surface area (Å²) in [5.41, 5.74) is 3.87. The van der Waals surface area contributed by atoms with E-state index in [2.05, 4.69) is 18.2 Å². The van der Waals surface area contributed by atoms with Crippen LogP contribution in [0.1, 0.15) is 27.0 Å². The fourth-order valence-corrected chi connectivity index (χ4v) is 2.68. The van der Waals surface area contributed by atoms with Crippen molar-refractivity contribution in [1.82, 2.24) is 0 Å². The molecule has 0 unspecified atom stereocenters. The predicted molar refractivity (Wildman–Crippen MR) is 108 cm³/mol. The third-order valence-corrected chi connectivity index (χ3v) is 4.70. The van der Waals surface area contributed by atoms with E-state index >= 15 is 0 Å². The molecule has 0 aliphatic rings. The maximum absolute atomic E-state index is 10.5. The molecule has 0 fully saturated rings. The molecule has 0 saturated heterocycles. The maximum Gasteiger partial charge on any atom is 0.169 e. The van der Waals surface area contributed by atoms with Gasteiger partial charge in [-0.15, -0.1) is 0 Å². The molecule has 1 aromatic heterocycles. The Labute approximate surface area is 165 Å². The number of pyridine rings is 1. The number of benzene rings is 2. The van der Waals surface area contributed by atoms with Gasteiger partial charge < -0.3 is 4.55 Å². The smallest absolute Gasteiger partial charge is 0.169 e. The first-order valence-electron chi connectivity index (χ1n) is 8.49. The number of hydrogen-bond acceptors (Lipinski definition) is 4. The lowest BCUT2D eigenvalue weighted by atomic mass is 10.1. The van der Waals surface area contributed by atoms with Crippen LogP contribution in [0.25, 0.3) is 12.2 Å². The first kappa shape index (κ1) is 21.2. The summed E-state index contributed by atoms with van der Waals surface area (Å²) >= 11 is 0. The number of carbonyl (C=O) groups is 1. The largest absolute Gasteiger partial charge is 0.744 e. The average molecular weight is 395 g/mol. The van der Waals surface area contributed by atoms with Crippen LogP contribution in [0.3, 0.4) is 0 Å². The number of nitrogens with zero attached hydrogens (tertiary/aromatic N) is 1. The lowest BCUT2D eigenvalue weighted by molar-refractivity contribution is -0.671. The van der Waals surface area contributed by atoms with Gasteiger partial charge in [-0.2, -0.15) is 0 Å². The molecule has 0 aliphatic carbocycles. The Morgan fingerprint density at radius 1 is 0.786 bits per heavy atom. The molecule has 0 atom stereocenters. The molecule has 0 spiro atoms. The highest BCUT2D eigenvalue weighted by molar-refractivity contribution is 7.85. The van der Waals surface area contributed by atoms with E-state index < -0.39 is 10.1 Å². The molecule has 5 nitrogen and oxygen atoms in total. The van der Waals surface area contributed by atoms with E-state index in [4.69, 9.17) is 0 Å². The number of carbonyl (C=O) groups excluding carboxylic acids is 1. The van der Waals surface area contributed by atoms with Crippen LogP contribution in [0, 0.1) is 6.92 Å². The van der Waals surface area contributed by atoms with E-state index in [0.29, 0.717) is 5.56 Å². The van der Waals surface area contributed by atoms with Gasteiger partial charge >= 0.3 is 0 Å². The van der Waals surface area contributed by atoms with E-state index in [9.17, 15) is 17.8 Å². The van der Waals surface area contributed by atoms with Gasteiger partial charge in [0.25, 0.3) is 0 Å².